The molecule has 9 heteroatoms. The van der Waals surface area contributed by atoms with Gasteiger partial charge in [0.15, 0.2) is 6.29 Å². The Morgan fingerprint density at radius 2 is 1.89 bits per heavy atom. The highest BCUT2D eigenvalue weighted by Gasteiger charge is 2.44. The standard InChI is InChI=1S/C10H20INO7/c1-12-4(9(11)17)3-18-10-8(16)7(15)6(14)5(2-13)19-10/h4-10,12-17H,2-3H2,1H3. The van der Waals surface area contributed by atoms with Crippen LogP contribution >= 0.6 is 22.6 Å². The number of alkyl halides is 1. The van der Waals surface area contributed by atoms with Crippen LogP contribution < -0.4 is 5.32 Å². The van der Waals surface area contributed by atoms with Gasteiger partial charge in [-0.05, 0) is 29.6 Å². The summed E-state index contributed by atoms with van der Waals surface area (Å²) >= 11 is 1.80. The van der Waals surface area contributed by atoms with E-state index in [2.05, 4.69) is 5.32 Å². The molecule has 0 radical (unpaired) electrons. The van der Waals surface area contributed by atoms with E-state index < -0.39 is 41.4 Å². The molecule has 0 aliphatic carbocycles. The average molecular weight is 393 g/mol. The first kappa shape index (κ1) is 17.5. The summed E-state index contributed by atoms with van der Waals surface area (Å²) in [6.45, 7) is -0.474. The molecule has 0 saturated carbocycles. The summed E-state index contributed by atoms with van der Waals surface area (Å²) in [4.78, 5) is 0. The minimum atomic E-state index is -1.46. The van der Waals surface area contributed by atoms with Gasteiger partial charge in [0.05, 0.1) is 19.3 Å². The average Bonchev–Trinajstić information content (AvgIpc) is 2.38. The van der Waals surface area contributed by atoms with Gasteiger partial charge in [-0.25, -0.2) is 0 Å². The maximum Gasteiger partial charge on any atom is 0.186 e. The minimum Gasteiger partial charge on any atom is -0.394 e. The third kappa shape index (κ3) is 4.44. The molecule has 1 fully saturated rings. The van der Waals surface area contributed by atoms with Gasteiger partial charge in [-0.3, -0.25) is 0 Å². The maximum atomic E-state index is 9.72. The summed E-state index contributed by atoms with van der Waals surface area (Å²) in [5.74, 6) is 0. The van der Waals surface area contributed by atoms with Gasteiger partial charge in [-0.1, -0.05) is 0 Å². The fraction of sp³-hybridized carbons (Fsp3) is 1.00. The van der Waals surface area contributed by atoms with Crippen molar-refractivity contribution >= 4 is 22.6 Å². The van der Waals surface area contributed by atoms with Gasteiger partial charge in [-0.15, -0.1) is 0 Å². The van der Waals surface area contributed by atoms with Crippen molar-refractivity contribution in [3.05, 3.63) is 0 Å². The lowest BCUT2D eigenvalue weighted by Crippen LogP contribution is -2.59. The Bertz CT molecular complexity index is 268. The Morgan fingerprint density at radius 3 is 2.37 bits per heavy atom. The van der Waals surface area contributed by atoms with E-state index >= 15 is 0 Å². The fourth-order valence-corrected chi connectivity index (χ4v) is 2.27. The summed E-state index contributed by atoms with van der Waals surface area (Å²) in [5.41, 5.74) is 0. The van der Waals surface area contributed by atoms with Gasteiger partial charge < -0.3 is 40.3 Å². The number of aliphatic hydroxyl groups excluding tert-OH is 5. The number of nitrogens with one attached hydrogen (secondary N) is 1. The van der Waals surface area contributed by atoms with Crippen molar-refractivity contribution in [1.29, 1.82) is 0 Å². The van der Waals surface area contributed by atoms with Crippen molar-refractivity contribution in [2.75, 3.05) is 20.3 Å². The molecule has 1 rings (SSSR count). The van der Waals surface area contributed by atoms with E-state index in [9.17, 15) is 20.4 Å². The van der Waals surface area contributed by atoms with Crippen molar-refractivity contribution in [3.63, 3.8) is 0 Å². The molecule has 0 aromatic heterocycles. The summed E-state index contributed by atoms with van der Waals surface area (Å²) in [6.07, 6.45) is -6.48. The normalized spacial score (nSPS) is 39.0. The molecule has 0 bridgehead atoms. The molecule has 19 heavy (non-hydrogen) atoms. The minimum absolute atomic E-state index is 0.0310. The second kappa shape index (κ2) is 8.00. The predicted octanol–water partition coefficient (Wildman–Crippen LogP) is -2.86. The monoisotopic (exact) mass is 393 g/mol. The van der Waals surface area contributed by atoms with Gasteiger partial charge in [0.1, 0.15) is 28.5 Å². The molecule has 1 saturated heterocycles. The summed E-state index contributed by atoms with van der Waals surface area (Å²) in [6, 6.07) is -0.382. The third-order valence-electron chi connectivity index (χ3n) is 2.99. The van der Waals surface area contributed by atoms with Crippen LogP contribution in [0.3, 0.4) is 0 Å². The van der Waals surface area contributed by atoms with Crippen LogP contribution in [0.4, 0.5) is 0 Å². The molecule has 0 aromatic carbocycles. The van der Waals surface area contributed by atoms with Crippen LogP contribution in [0.5, 0.6) is 0 Å². The van der Waals surface area contributed by atoms with Crippen molar-refractivity contribution in [1.82, 2.24) is 5.32 Å². The zero-order chi connectivity index (χ0) is 14.6. The highest BCUT2D eigenvalue weighted by molar-refractivity contribution is 14.1. The number of ether oxygens (including phenoxy) is 2. The summed E-state index contributed by atoms with van der Waals surface area (Å²) in [7, 11) is 1.64. The number of likely N-dealkylation sites (N-methyl/N-ethyl adjacent to an activating group) is 1. The van der Waals surface area contributed by atoms with E-state index in [1.54, 1.807) is 29.6 Å². The third-order valence-corrected chi connectivity index (χ3v) is 3.86. The van der Waals surface area contributed by atoms with Gasteiger partial charge >= 0.3 is 0 Å². The van der Waals surface area contributed by atoms with E-state index in [1.165, 1.54) is 0 Å². The van der Waals surface area contributed by atoms with E-state index in [1.807, 2.05) is 0 Å². The van der Waals surface area contributed by atoms with E-state index in [0.29, 0.717) is 0 Å². The van der Waals surface area contributed by atoms with E-state index in [4.69, 9.17) is 14.6 Å². The Labute approximate surface area is 124 Å². The lowest BCUT2D eigenvalue weighted by atomic mass is 9.99. The Morgan fingerprint density at radius 1 is 1.26 bits per heavy atom. The van der Waals surface area contributed by atoms with Crippen molar-refractivity contribution in [3.8, 4) is 0 Å². The van der Waals surface area contributed by atoms with Crippen LogP contribution in [0.25, 0.3) is 0 Å². The zero-order valence-electron chi connectivity index (χ0n) is 10.4. The largest absolute Gasteiger partial charge is 0.394 e. The molecule has 6 N–H and O–H groups in total. The number of hydrogen-bond acceptors (Lipinski definition) is 8. The molecular formula is C10H20INO7. The van der Waals surface area contributed by atoms with Gasteiger partial charge in [-0.2, -0.15) is 0 Å². The molecule has 1 aliphatic heterocycles. The van der Waals surface area contributed by atoms with Crippen LogP contribution in [0.2, 0.25) is 0 Å². The van der Waals surface area contributed by atoms with Crippen LogP contribution in [-0.2, 0) is 9.47 Å². The lowest BCUT2D eigenvalue weighted by Gasteiger charge is -2.40. The van der Waals surface area contributed by atoms with Crippen molar-refractivity contribution in [2.24, 2.45) is 0 Å². The Balaban J connectivity index is 2.57. The first-order valence-corrected chi connectivity index (χ1v) is 7.08. The molecule has 1 aliphatic rings. The smallest absolute Gasteiger partial charge is 0.186 e. The Kier molecular flexibility index (Phi) is 7.35. The lowest BCUT2D eigenvalue weighted by molar-refractivity contribution is -0.302. The number of rotatable bonds is 6. The quantitative estimate of drug-likeness (QED) is 0.210. The molecule has 8 nitrogen and oxygen atoms in total. The zero-order valence-corrected chi connectivity index (χ0v) is 12.5. The number of aliphatic hydroxyl groups is 5. The molecule has 7 atom stereocenters. The van der Waals surface area contributed by atoms with E-state index in [0.717, 1.165) is 0 Å². The Hall–Kier alpha value is 0.410. The van der Waals surface area contributed by atoms with Gasteiger partial charge in [0.2, 0.25) is 0 Å². The fourth-order valence-electron chi connectivity index (χ4n) is 1.70. The number of hydrogen-bond donors (Lipinski definition) is 6. The van der Waals surface area contributed by atoms with Crippen LogP contribution in [-0.4, -0.2) is 86.7 Å². The predicted molar refractivity (Wildman–Crippen MR) is 72.6 cm³/mol. The molecule has 0 amide bonds. The highest BCUT2D eigenvalue weighted by Crippen LogP contribution is 2.22. The molecular weight excluding hydrogens is 373 g/mol. The van der Waals surface area contributed by atoms with Crippen LogP contribution in [0.1, 0.15) is 0 Å². The van der Waals surface area contributed by atoms with Crippen molar-refractivity contribution in [2.45, 2.75) is 40.9 Å². The highest BCUT2D eigenvalue weighted by atomic mass is 127. The summed E-state index contributed by atoms with van der Waals surface area (Å²) < 4.78 is 9.74. The van der Waals surface area contributed by atoms with Gasteiger partial charge in [0.25, 0.3) is 0 Å². The first-order valence-electron chi connectivity index (χ1n) is 5.83. The topological polar surface area (TPSA) is 132 Å². The molecule has 0 spiro atoms. The molecule has 0 aromatic rings. The second-order valence-electron chi connectivity index (χ2n) is 4.30. The molecule has 114 valence electrons. The molecule has 1 heterocycles. The maximum absolute atomic E-state index is 9.72. The second-order valence-corrected chi connectivity index (χ2v) is 5.57. The van der Waals surface area contributed by atoms with Crippen LogP contribution in [0.15, 0.2) is 0 Å². The molecule has 7 unspecified atom stereocenters. The van der Waals surface area contributed by atoms with Gasteiger partial charge in [0, 0.05) is 0 Å². The van der Waals surface area contributed by atoms with Crippen LogP contribution in [0, 0.1) is 0 Å². The first-order chi connectivity index (χ1) is 8.92. The summed E-state index contributed by atoms with van der Waals surface area (Å²) in [5, 5.41) is 50.1. The number of halogens is 1. The SMILES string of the molecule is CNC(COC1OC(CO)C(O)C(O)C1O)C(O)I. The van der Waals surface area contributed by atoms with Crippen molar-refractivity contribution < 1.29 is 35.0 Å². The van der Waals surface area contributed by atoms with E-state index in [-0.39, 0.29) is 12.6 Å².